The lowest BCUT2D eigenvalue weighted by Gasteiger charge is -2.40. The van der Waals surface area contributed by atoms with Gasteiger partial charge in [-0.25, -0.2) is 13.8 Å². The van der Waals surface area contributed by atoms with Crippen molar-refractivity contribution >= 4 is 11.7 Å². The highest BCUT2D eigenvalue weighted by molar-refractivity contribution is 5.93. The van der Waals surface area contributed by atoms with Gasteiger partial charge in [0.2, 0.25) is 11.5 Å². The molecule has 2 N–H and O–H groups in total. The van der Waals surface area contributed by atoms with Crippen LogP contribution in [0, 0.1) is 5.92 Å². The van der Waals surface area contributed by atoms with Crippen LogP contribution in [-0.2, 0) is 11.2 Å². The standard InChI is InChI=1S/C25H32F2N4O2/c1-17(31-12-11-25(26,27)21(16-31)20-8-10-23(32)29-15-20)24(33)30-22-9-7-19(14-28-22)13-18-5-3-2-4-6-18/h7-10,14-15,17-18,21H,2-6,11-13,16H2,1H3,(H,29,32)(H,28,30,33)/t17?,21-/m1/s1. The SMILES string of the molecule is CC(C(=O)Nc1ccc(CC2CCCCC2)cn1)N1CCC(F)(F)[C@@H](c2ccc(=O)[nH]c2)C1. The van der Waals surface area contributed by atoms with E-state index in [1.807, 2.05) is 18.3 Å². The molecule has 2 fully saturated rings. The number of pyridine rings is 2. The van der Waals surface area contributed by atoms with E-state index in [4.69, 9.17) is 0 Å². The van der Waals surface area contributed by atoms with Crippen molar-refractivity contribution in [3.8, 4) is 0 Å². The van der Waals surface area contributed by atoms with Crippen LogP contribution < -0.4 is 10.9 Å². The Morgan fingerprint density at radius 1 is 1.24 bits per heavy atom. The second-order valence-electron chi connectivity index (χ2n) is 9.47. The van der Waals surface area contributed by atoms with Gasteiger partial charge in [-0.05, 0) is 36.5 Å². The Hall–Kier alpha value is -2.61. The smallest absolute Gasteiger partial charge is 0.257 e. The zero-order valence-corrected chi connectivity index (χ0v) is 19.0. The molecule has 178 valence electrons. The van der Waals surface area contributed by atoms with Crippen molar-refractivity contribution in [2.45, 2.75) is 69.8 Å². The fourth-order valence-electron chi connectivity index (χ4n) is 5.01. The Morgan fingerprint density at radius 2 is 2.03 bits per heavy atom. The van der Waals surface area contributed by atoms with Gasteiger partial charge in [0, 0.05) is 38.0 Å². The number of aromatic amines is 1. The van der Waals surface area contributed by atoms with E-state index in [9.17, 15) is 18.4 Å². The molecule has 1 saturated carbocycles. The van der Waals surface area contributed by atoms with Crippen molar-refractivity contribution in [3.05, 3.63) is 58.1 Å². The second-order valence-corrected chi connectivity index (χ2v) is 9.47. The van der Waals surface area contributed by atoms with E-state index in [0.29, 0.717) is 17.3 Å². The Balaban J connectivity index is 1.36. The van der Waals surface area contributed by atoms with Crippen LogP contribution in [0.1, 0.15) is 62.5 Å². The summed E-state index contributed by atoms with van der Waals surface area (Å²) in [6.07, 6.45) is 10.3. The van der Waals surface area contributed by atoms with E-state index in [0.717, 1.165) is 6.42 Å². The van der Waals surface area contributed by atoms with Crippen LogP contribution in [-0.4, -0.2) is 45.8 Å². The first-order valence-corrected chi connectivity index (χ1v) is 11.9. The first-order valence-electron chi connectivity index (χ1n) is 11.9. The van der Waals surface area contributed by atoms with Gasteiger partial charge in [-0.15, -0.1) is 0 Å². The van der Waals surface area contributed by atoms with Crippen LogP contribution in [0.15, 0.2) is 41.5 Å². The number of anilines is 1. The summed E-state index contributed by atoms with van der Waals surface area (Å²) in [5.41, 5.74) is 1.21. The number of hydrogen-bond acceptors (Lipinski definition) is 4. The van der Waals surface area contributed by atoms with E-state index in [2.05, 4.69) is 15.3 Å². The fourth-order valence-corrected chi connectivity index (χ4v) is 5.01. The topological polar surface area (TPSA) is 78.1 Å². The highest BCUT2D eigenvalue weighted by atomic mass is 19.3. The highest BCUT2D eigenvalue weighted by Gasteiger charge is 2.46. The van der Waals surface area contributed by atoms with Crippen LogP contribution in [0.2, 0.25) is 0 Å². The van der Waals surface area contributed by atoms with E-state index in [1.165, 1.54) is 56.0 Å². The summed E-state index contributed by atoms with van der Waals surface area (Å²) < 4.78 is 29.2. The molecule has 0 bridgehead atoms. The van der Waals surface area contributed by atoms with E-state index >= 15 is 0 Å². The zero-order valence-electron chi connectivity index (χ0n) is 19.0. The first-order chi connectivity index (χ1) is 15.8. The number of aromatic nitrogens is 2. The van der Waals surface area contributed by atoms with E-state index < -0.39 is 17.9 Å². The molecule has 3 heterocycles. The molecule has 0 aromatic carbocycles. The predicted molar refractivity (Wildman–Crippen MR) is 124 cm³/mol. The molecule has 2 aromatic heterocycles. The lowest BCUT2D eigenvalue weighted by atomic mass is 9.85. The lowest BCUT2D eigenvalue weighted by molar-refractivity contribution is -0.125. The molecule has 2 atom stereocenters. The second kappa shape index (κ2) is 10.1. The number of carbonyl (C=O) groups excluding carboxylic acids is 1. The highest BCUT2D eigenvalue weighted by Crippen LogP contribution is 2.40. The number of rotatable bonds is 6. The number of H-pyrrole nitrogens is 1. The molecule has 1 aliphatic heterocycles. The van der Waals surface area contributed by atoms with Gasteiger partial charge >= 0.3 is 0 Å². The molecule has 0 spiro atoms. The third kappa shape index (κ3) is 5.85. The minimum atomic E-state index is -2.90. The Bertz CT molecular complexity index is 982. The molecule has 8 heteroatoms. The molecule has 33 heavy (non-hydrogen) atoms. The number of hydrogen-bond donors (Lipinski definition) is 2. The molecule has 2 aromatic rings. The summed E-state index contributed by atoms with van der Waals surface area (Å²) in [4.78, 5) is 32.8. The molecule has 0 radical (unpaired) electrons. The average Bonchev–Trinajstić information content (AvgIpc) is 2.81. The minimum Gasteiger partial charge on any atom is -0.329 e. The fraction of sp³-hybridized carbons (Fsp3) is 0.560. The molecule has 1 saturated heterocycles. The van der Waals surface area contributed by atoms with Crippen molar-refractivity contribution in [2.24, 2.45) is 5.92 Å². The van der Waals surface area contributed by atoms with Crippen molar-refractivity contribution in [3.63, 3.8) is 0 Å². The van der Waals surface area contributed by atoms with Gasteiger partial charge in [0.1, 0.15) is 5.82 Å². The minimum absolute atomic E-state index is 0.0292. The summed E-state index contributed by atoms with van der Waals surface area (Å²) >= 11 is 0. The molecule has 4 rings (SSSR count). The Kier molecular flexibility index (Phi) is 7.22. The Labute approximate surface area is 192 Å². The van der Waals surface area contributed by atoms with Gasteiger partial charge in [0.25, 0.3) is 5.92 Å². The zero-order chi connectivity index (χ0) is 23.4. The monoisotopic (exact) mass is 458 g/mol. The third-order valence-corrected chi connectivity index (χ3v) is 7.12. The number of nitrogens with one attached hydrogen (secondary N) is 2. The first kappa shape index (κ1) is 23.5. The summed E-state index contributed by atoms with van der Waals surface area (Å²) in [5.74, 6) is -3.07. The van der Waals surface area contributed by atoms with Crippen LogP contribution in [0.4, 0.5) is 14.6 Å². The number of nitrogens with zero attached hydrogens (tertiary/aromatic N) is 2. The summed E-state index contributed by atoms with van der Waals surface area (Å²) in [5, 5.41) is 2.83. The largest absolute Gasteiger partial charge is 0.329 e. The van der Waals surface area contributed by atoms with Gasteiger partial charge in [-0.3, -0.25) is 14.5 Å². The lowest BCUT2D eigenvalue weighted by Crippen LogP contribution is -2.52. The molecule has 1 unspecified atom stereocenters. The van der Waals surface area contributed by atoms with E-state index in [-0.39, 0.29) is 31.0 Å². The number of likely N-dealkylation sites (tertiary alicyclic amines) is 1. The van der Waals surface area contributed by atoms with Crippen molar-refractivity contribution < 1.29 is 13.6 Å². The van der Waals surface area contributed by atoms with Gasteiger partial charge in [0.05, 0.1) is 12.0 Å². The van der Waals surface area contributed by atoms with Gasteiger partial charge < -0.3 is 10.3 Å². The quantitative estimate of drug-likeness (QED) is 0.675. The molecular formula is C25H32F2N4O2. The number of piperidine rings is 1. The maximum atomic E-state index is 14.6. The van der Waals surface area contributed by atoms with Crippen LogP contribution >= 0.6 is 0 Å². The predicted octanol–water partition coefficient (Wildman–Crippen LogP) is 4.34. The molecule has 2 aliphatic rings. The summed E-state index contributed by atoms with van der Waals surface area (Å²) in [7, 11) is 0. The van der Waals surface area contributed by atoms with Gasteiger partial charge in [-0.2, -0.15) is 0 Å². The van der Waals surface area contributed by atoms with Crippen molar-refractivity contribution in [2.75, 3.05) is 18.4 Å². The maximum absolute atomic E-state index is 14.6. The van der Waals surface area contributed by atoms with Crippen LogP contribution in [0.25, 0.3) is 0 Å². The Morgan fingerprint density at radius 3 is 2.70 bits per heavy atom. The van der Waals surface area contributed by atoms with Crippen LogP contribution in [0.5, 0.6) is 0 Å². The van der Waals surface area contributed by atoms with Gasteiger partial charge in [-0.1, -0.05) is 44.2 Å². The summed E-state index contributed by atoms with van der Waals surface area (Å²) in [6, 6.07) is 5.93. The third-order valence-electron chi connectivity index (χ3n) is 7.12. The number of amides is 1. The average molecular weight is 459 g/mol. The maximum Gasteiger partial charge on any atom is 0.257 e. The van der Waals surface area contributed by atoms with E-state index in [1.54, 1.807) is 11.8 Å². The van der Waals surface area contributed by atoms with Crippen molar-refractivity contribution in [1.82, 2.24) is 14.9 Å². The number of alkyl halides is 2. The normalized spacial score (nSPS) is 22.6. The van der Waals surface area contributed by atoms with Crippen LogP contribution in [0.3, 0.4) is 0 Å². The molecular weight excluding hydrogens is 426 g/mol. The molecule has 1 amide bonds. The summed E-state index contributed by atoms with van der Waals surface area (Å²) in [6.45, 7) is 1.87. The van der Waals surface area contributed by atoms with Gasteiger partial charge in [0.15, 0.2) is 0 Å². The molecule has 6 nitrogen and oxygen atoms in total. The number of carbonyl (C=O) groups is 1. The number of halogens is 2. The molecule has 1 aliphatic carbocycles. The van der Waals surface area contributed by atoms with Crippen molar-refractivity contribution in [1.29, 1.82) is 0 Å².